The normalized spacial score (nSPS) is 13.0. The van der Waals surface area contributed by atoms with Crippen LogP contribution in [0.5, 0.6) is 11.5 Å². The van der Waals surface area contributed by atoms with Crippen LogP contribution in [-0.4, -0.2) is 36.7 Å². The molecule has 2 amide bonds. The Morgan fingerprint density at radius 2 is 1.87 bits per heavy atom. The smallest absolute Gasteiger partial charge is 0.322 e. The molecule has 0 radical (unpaired) electrons. The van der Waals surface area contributed by atoms with E-state index in [0.717, 1.165) is 38.8 Å². The zero-order valence-corrected chi connectivity index (χ0v) is 18.4. The number of nitrogens with one attached hydrogen (secondary N) is 1. The van der Waals surface area contributed by atoms with Crippen LogP contribution in [0.1, 0.15) is 21.7 Å². The molecule has 30 heavy (non-hydrogen) atoms. The molecule has 2 aromatic carbocycles. The van der Waals surface area contributed by atoms with Crippen molar-refractivity contribution in [3.8, 4) is 22.1 Å². The Balaban J connectivity index is 1.50. The molecule has 1 N–H and O–H groups in total. The number of carbonyl (C=O) groups is 1. The van der Waals surface area contributed by atoms with E-state index in [1.54, 1.807) is 25.6 Å². The number of nitrogens with zero attached hydrogens (tertiary/aromatic N) is 2. The SMILES string of the molecule is COc1ccc(-c2nc3c(s2)CN(C(=O)Nc2ccc(C)c(C)c2)CC3)cc1OC. The molecule has 0 saturated heterocycles. The lowest BCUT2D eigenvalue weighted by Crippen LogP contribution is -2.38. The van der Waals surface area contributed by atoms with Crippen molar-refractivity contribution in [3.63, 3.8) is 0 Å². The fourth-order valence-corrected chi connectivity index (χ4v) is 4.60. The number of hydrogen-bond acceptors (Lipinski definition) is 5. The van der Waals surface area contributed by atoms with Crippen molar-refractivity contribution in [2.24, 2.45) is 0 Å². The number of urea groups is 1. The predicted molar refractivity (Wildman–Crippen MR) is 120 cm³/mol. The second kappa shape index (κ2) is 8.36. The van der Waals surface area contributed by atoms with Crippen molar-refractivity contribution < 1.29 is 14.3 Å². The highest BCUT2D eigenvalue weighted by molar-refractivity contribution is 7.15. The molecule has 0 spiro atoms. The molecule has 156 valence electrons. The lowest BCUT2D eigenvalue weighted by molar-refractivity contribution is 0.207. The summed E-state index contributed by atoms with van der Waals surface area (Å²) in [5.41, 5.74) is 5.25. The summed E-state index contributed by atoms with van der Waals surface area (Å²) < 4.78 is 10.7. The van der Waals surface area contributed by atoms with E-state index in [9.17, 15) is 4.79 Å². The third-order valence-electron chi connectivity index (χ3n) is 5.41. The molecule has 7 heteroatoms. The second-order valence-electron chi connectivity index (χ2n) is 7.36. The number of anilines is 1. The van der Waals surface area contributed by atoms with Crippen molar-refractivity contribution >= 4 is 23.1 Å². The third-order valence-corrected chi connectivity index (χ3v) is 6.54. The van der Waals surface area contributed by atoms with Crippen LogP contribution >= 0.6 is 11.3 Å². The molecular formula is C23H25N3O3S. The van der Waals surface area contributed by atoms with E-state index in [1.807, 2.05) is 48.2 Å². The highest BCUT2D eigenvalue weighted by atomic mass is 32.1. The highest BCUT2D eigenvalue weighted by Crippen LogP contribution is 2.36. The first-order valence-electron chi connectivity index (χ1n) is 9.82. The fraction of sp³-hybridized carbons (Fsp3) is 0.304. The van der Waals surface area contributed by atoms with Crippen LogP contribution in [0.15, 0.2) is 36.4 Å². The molecule has 3 aromatic rings. The molecule has 0 unspecified atom stereocenters. The number of thiazole rings is 1. The molecule has 0 bridgehead atoms. The van der Waals surface area contributed by atoms with Crippen LogP contribution in [0.3, 0.4) is 0 Å². The van der Waals surface area contributed by atoms with Crippen molar-refractivity contribution in [2.45, 2.75) is 26.8 Å². The molecule has 4 rings (SSSR count). The summed E-state index contributed by atoms with van der Waals surface area (Å²) in [4.78, 5) is 20.6. The van der Waals surface area contributed by atoms with Gasteiger partial charge in [-0.1, -0.05) is 6.07 Å². The molecule has 1 aliphatic heterocycles. The first kappa shape index (κ1) is 20.2. The number of carbonyl (C=O) groups excluding carboxylic acids is 1. The first-order chi connectivity index (χ1) is 14.5. The molecule has 6 nitrogen and oxygen atoms in total. The molecule has 2 heterocycles. The lowest BCUT2D eigenvalue weighted by atomic mass is 10.1. The maximum Gasteiger partial charge on any atom is 0.322 e. The highest BCUT2D eigenvalue weighted by Gasteiger charge is 2.25. The van der Waals surface area contributed by atoms with Gasteiger partial charge in [-0.2, -0.15) is 0 Å². The van der Waals surface area contributed by atoms with Crippen LogP contribution in [0.2, 0.25) is 0 Å². The number of ether oxygens (including phenoxy) is 2. The van der Waals surface area contributed by atoms with Crippen molar-refractivity contribution in [3.05, 3.63) is 58.1 Å². The van der Waals surface area contributed by atoms with Crippen LogP contribution in [0.4, 0.5) is 10.5 Å². The van der Waals surface area contributed by atoms with Crippen molar-refractivity contribution in [2.75, 3.05) is 26.1 Å². The van der Waals surface area contributed by atoms with Gasteiger partial charge in [0.2, 0.25) is 0 Å². The number of methoxy groups -OCH3 is 2. The monoisotopic (exact) mass is 423 g/mol. The maximum atomic E-state index is 12.8. The minimum atomic E-state index is -0.0787. The number of benzene rings is 2. The van der Waals surface area contributed by atoms with Gasteiger partial charge in [-0.15, -0.1) is 11.3 Å². The summed E-state index contributed by atoms with van der Waals surface area (Å²) in [5.74, 6) is 1.37. The van der Waals surface area contributed by atoms with Crippen LogP contribution in [0.25, 0.3) is 10.6 Å². The van der Waals surface area contributed by atoms with E-state index >= 15 is 0 Å². The Kier molecular flexibility index (Phi) is 5.63. The Hall–Kier alpha value is -3.06. The van der Waals surface area contributed by atoms with Crippen molar-refractivity contribution in [1.82, 2.24) is 9.88 Å². The Labute approximate surface area is 180 Å². The van der Waals surface area contributed by atoms with E-state index < -0.39 is 0 Å². The molecular weight excluding hydrogens is 398 g/mol. The molecule has 1 aliphatic rings. The van der Waals surface area contributed by atoms with Crippen LogP contribution in [-0.2, 0) is 13.0 Å². The summed E-state index contributed by atoms with van der Waals surface area (Å²) in [7, 11) is 3.25. The van der Waals surface area contributed by atoms with Gasteiger partial charge in [0.1, 0.15) is 5.01 Å². The van der Waals surface area contributed by atoms with Gasteiger partial charge >= 0.3 is 6.03 Å². The molecule has 0 aliphatic carbocycles. The molecule has 0 atom stereocenters. The van der Waals surface area contributed by atoms with E-state index in [1.165, 1.54) is 5.56 Å². The summed E-state index contributed by atoms with van der Waals surface area (Å²) in [5, 5.41) is 3.95. The lowest BCUT2D eigenvalue weighted by Gasteiger charge is -2.26. The zero-order chi connectivity index (χ0) is 21.3. The van der Waals surface area contributed by atoms with Gasteiger partial charge in [0.15, 0.2) is 11.5 Å². The molecule has 0 fully saturated rings. The first-order valence-corrected chi connectivity index (χ1v) is 10.6. The Morgan fingerprint density at radius 3 is 2.60 bits per heavy atom. The number of hydrogen-bond donors (Lipinski definition) is 1. The fourth-order valence-electron chi connectivity index (χ4n) is 3.48. The van der Waals surface area contributed by atoms with E-state index in [-0.39, 0.29) is 6.03 Å². The van der Waals surface area contributed by atoms with Gasteiger partial charge in [0.25, 0.3) is 0 Å². The maximum absolute atomic E-state index is 12.8. The number of aromatic nitrogens is 1. The van der Waals surface area contributed by atoms with Crippen LogP contribution in [0, 0.1) is 13.8 Å². The summed E-state index contributed by atoms with van der Waals surface area (Å²) in [6.07, 6.45) is 0.749. The molecule has 0 saturated carbocycles. The summed E-state index contributed by atoms with van der Waals surface area (Å²) in [6.45, 7) is 5.33. The standard InChI is InChI=1S/C23H25N3O3S/c1-14-5-7-17(11-15(14)2)24-23(27)26-10-9-18-21(13-26)30-22(25-18)16-6-8-19(28-3)20(12-16)29-4/h5-8,11-12H,9-10,13H2,1-4H3,(H,24,27). The third kappa shape index (κ3) is 3.98. The zero-order valence-electron chi connectivity index (χ0n) is 17.6. The minimum Gasteiger partial charge on any atom is -0.493 e. The second-order valence-corrected chi connectivity index (χ2v) is 8.44. The quantitative estimate of drug-likeness (QED) is 0.639. The van der Waals surface area contributed by atoms with Crippen LogP contribution < -0.4 is 14.8 Å². The van der Waals surface area contributed by atoms with Gasteiger partial charge in [0.05, 0.1) is 26.5 Å². The summed E-state index contributed by atoms with van der Waals surface area (Å²) >= 11 is 1.62. The topological polar surface area (TPSA) is 63.7 Å². The van der Waals surface area contributed by atoms with E-state index in [4.69, 9.17) is 14.5 Å². The number of aryl methyl sites for hydroxylation is 2. The minimum absolute atomic E-state index is 0.0787. The van der Waals surface area contributed by atoms with E-state index in [0.29, 0.717) is 24.6 Å². The average molecular weight is 424 g/mol. The van der Waals surface area contributed by atoms with Gasteiger partial charge in [0, 0.05) is 29.1 Å². The number of rotatable bonds is 4. The summed E-state index contributed by atoms with van der Waals surface area (Å²) in [6, 6.07) is 11.7. The van der Waals surface area contributed by atoms with Crippen molar-refractivity contribution in [1.29, 1.82) is 0 Å². The number of fused-ring (bicyclic) bond motifs is 1. The van der Waals surface area contributed by atoms with Gasteiger partial charge < -0.3 is 19.7 Å². The number of amides is 2. The van der Waals surface area contributed by atoms with Gasteiger partial charge in [-0.05, 0) is 55.3 Å². The van der Waals surface area contributed by atoms with E-state index in [2.05, 4.69) is 12.2 Å². The molecule has 1 aromatic heterocycles. The predicted octanol–water partition coefficient (Wildman–Crippen LogP) is 5.03. The van der Waals surface area contributed by atoms with Gasteiger partial charge in [-0.25, -0.2) is 9.78 Å². The van der Waals surface area contributed by atoms with Gasteiger partial charge in [-0.3, -0.25) is 0 Å². The Morgan fingerprint density at radius 1 is 1.07 bits per heavy atom. The Bertz CT molecular complexity index is 1090. The average Bonchev–Trinajstić information content (AvgIpc) is 3.19. The largest absolute Gasteiger partial charge is 0.493 e.